The molecule has 0 aliphatic rings. The van der Waals surface area contributed by atoms with Gasteiger partial charge in [0, 0.05) is 5.69 Å². The number of ether oxygens (including phenoxy) is 1. The van der Waals surface area contributed by atoms with Crippen molar-refractivity contribution in [3.05, 3.63) is 54.1 Å². The minimum atomic E-state index is -0.406. The molecule has 0 saturated carbocycles. The third-order valence-electron chi connectivity index (χ3n) is 3.55. The summed E-state index contributed by atoms with van der Waals surface area (Å²) in [5, 5.41) is 24.0. The lowest BCUT2D eigenvalue weighted by Crippen LogP contribution is -2.15. The number of carbonyl (C=O) groups excluding carboxylic acids is 2. The number of hydrogen-bond donors (Lipinski definition) is 2. The van der Waals surface area contributed by atoms with E-state index in [1.165, 1.54) is 28.6 Å². The minimum absolute atomic E-state index is 0.0953. The molecule has 2 aromatic carbocycles. The van der Waals surface area contributed by atoms with Crippen molar-refractivity contribution < 1.29 is 19.4 Å². The van der Waals surface area contributed by atoms with Crippen LogP contribution in [0.4, 0.5) is 5.69 Å². The maximum absolute atomic E-state index is 12.2. The summed E-state index contributed by atoms with van der Waals surface area (Å²) >= 11 is 1.17. The number of phenols is 1. The van der Waals surface area contributed by atoms with E-state index in [-0.39, 0.29) is 17.4 Å². The van der Waals surface area contributed by atoms with Gasteiger partial charge in [0.2, 0.25) is 11.1 Å². The van der Waals surface area contributed by atoms with Crippen molar-refractivity contribution in [1.29, 1.82) is 0 Å². The van der Waals surface area contributed by atoms with E-state index in [1.807, 2.05) is 0 Å². The van der Waals surface area contributed by atoms with Gasteiger partial charge in [-0.1, -0.05) is 11.8 Å². The number of aromatic hydroxyl groups is 1. The van der Waals surface area contributed by atoms with Crippen molar-refractivity contribution in [1.82, 2.24) is 20.2 Å². The number of esters is 1. The standard InChI is InChI=1S/C18H17N5O4S/c1-2-27-17(26)12-3-5-13(6-4-12)19-16(25)11-28-18-20-21-22-23(18)14-7-9-15(24)10-8-14/h3-10,24H,2,11H2,1H3,(H,19,25). The zero-order chi connectivity index (χ0) is 19.9. The van der Waals surface area contributed by atoms with Crippen molar-refractivity contribution in [3.63, 3.8) is 0 Å². The second-order valence-electron chi connectivity index (χ2n) is 5.52. The van der Waals surface area contributed by atoms with E-state index >= 15 is 0 Å². The SMILES string of the molecule is CCOC(=O)c1ccc(NC(=O)CSc2nnnn2-c2ccc(O)cc2)cc1. The Morgan fingerprint density at radius 1 is 1.14 bits per heavy atom. The fraction of sp³-hybridized carbons (Fsp3) is 0.167. The lowest BCUT2D eigenvalue weighted by atomic mass is 10.2. The number of benzene rings is 2. The molecule has 1 amide bonds. The highest BCUT2D eigenvalue weighted by atomic mass is 32.2. The molecule has 144 valence electrons. The van der Waals surface area contributed by atoms with Gasteiger partial charge in [-0.05, 0) is 65.9 Å². The first kappa shape index (κ1) is 19.4. The third kappa shape index (κ3) is 4.86. The molecule has 0 radical (unpaired) electrons. The number of hydrogen-bond acceptors (Lipinski definition) is 8. The summed E-state index contributed by atoms with van der Waals surface area (Å²) < 4.78 is 6.40. The van der Waals surface area contributed by atoms with E-state index in [1.54, 1.807) is 43.3 Å². The zero-order valence-corrected chi connectivity index (χ0v) is 15.7. The van der Waals surface area contributed by atoms with E-state index in [0.29, 0.717) is 28.7 Å². The molecule has 3 rings (SSSR count). The average Bonchev–Trinajstić information content (AvgIpc) is 3.16. The lowest BCUT2D eigenvalue weighted by Gasteiger charge is -2.07. The van der Waals surface area contributed by atoms with Crippen LogP contribution >= 0.6 is 11.8 Å². The molecular formula is C18H17N5O4S. The fourth-order valence-corrected chi connectivity index (χ4v) is 2.95. The Morgan fingerprint density at radius 2 is 1.86 bits per heavy atom. The maximum Gasteiger partial charge on any atom is 0.338 e. The second-order valence-corrected chi connectivity index (χ2v) is 6.47. The Hall–Kier alpha value is -3.40. The van der Waals surface area contributed by atoms with Crippen LogP contribution in [-0.4, -0.2) is 49.6 Å². The van der Waals surface area contributed by atoms with Gasteiger partial charge >= 0.3 is 5.97 Å². The van der Waals surface area contributed by atoms with Crippen molar-refractivity contribution in [2.24, 2.45) is 0 Å². The van der Waals surface area contributed by atoms with E-state index in [9.17, 15) is 14.7 Å². The number of thioether (sulfide) groups is 1. The number of rotatable bonds is 7. The summed E-state index contributed by atoms with van der Waals surface area (Å²) in [4.78, 5) is 23.8. The van der Waals surface area contributed by atoms with Gasteiger partial charge in [-0.15, -0.1) is 5.10 Å². The molecule has 0 fully saturated rings. The van der Waals surface area contributed by atoms with Gasteiger partial charge in [0.15, 0.2) is 0 Å². The molecule has 3 aromatic rings. The summed E-state index contributed by atoms with van der Waals surface area (Å²) in [6.45, 7) is 2.04. The second kappa shape index (κ2) is 9.00. The Kier molecular flexibility index (Phi) is 6.22. The van der Waals surface area contributed by atoms with Crippen LogP contribution in [0.1, 0.15) is 17.3 Å². The van der Waals surface area contributed by atoms with Crippen molar-refractivity contribution >= 4 is 29.3 Å². The number of tetrazole rings is 1. The normalized spacial score (nSPS) is 10.5. The number of aromatic nitrogens is 4. The number of amides is 1. The smallest absolute Gasteiger partial charge is 0.338 e. The highest BCUT2D eigenvalue weighted by molar-refractivity contribution is 7.99. The van der Waals surface area contributed by atoms with Gasteiger partial charge < -0.3 is 15.2 Å². The monoisotopic (exact) mass is 399 g/mol. The van der Waals surface area contributed by atoms with Crippen molar-refractivity contribution in [2.75, 3.05) is 17.7 Å². The highest BCUT2D eigenvalue weighted by Gasteiger charge is 2.12. The van der Waals surface area contributed by atoms with Crippen molar-refractivity contribution in [2.45, 2.75) is 12.1 Å². The van der Waals surface area contributed by atoms with Crippen LogP contribution in [0.3, 0.4) is 0 Å². The van der Waals surface area contributed by atoms with E-state index < -0.39 is 5.97 Å². The molecular weight excluding hydrogens is 382 g/mol. The van der Waals surface area contributed by atoms with E-state index in [4.69, 9.17) is 4.74 Å². The van der Waals surface area contributed by atoms with Crippen LogP contribution in [0.5, 0.6) is 5.75 Å². The Balaban J connectivity index is 1.57. The molecule has 0 saturated heterocycles. The Bertz CT molecular complexity index is 957. The number of anilines is 1. The van der Waals surface area contributed by atoms with Crippen molar-refractivity contribution in [3.8, 4) is 11.4 Å². The molecule has 1 aromatic heterocycles. The lowest BCUT2D eigenvalue weighted by molar-refractivity contribution is -0.113. The first-order valence-corrected chi connectivity index (χ1v) is 9.33. The Morgan fingerprint density at radius 3 is 2.54 bits per heavy atom. The quantitative estimate of drug-likeness (QED) is 0.459. The molecule has 0 aliphatic carbocycles. The van der Waals surface area contributed by atoms with Crippen LogP contribution in [0.2, 0.25) is 0 Å². The van der Waals surface area contributed by atoms with Crippen LogP contribution in [0, 0.1) is 0 Å². The van der Waals surface area contributed by atoms with E-state index in [0.717, 1.165) is 0 Å². The van der Waals surface area contributed by atoms with Gasteiger partial charge in [0.25, 0.3) is 0 Å². The van der Waals surface area contributed by atoms with Crippen LogP contribution < -0.4 is 5.32 Å². The minimum Gasteiger partial charge on any atom is -0.508 e. The summed E-state index contributed by atoms with van der Waals surface area (Å²) in [5.41, 5.74) is 1.65. The maximum atomic E-state index is 12.2. The van der Waals surface area contributed by atoms with E-state index in [2.05, 4.69) is 20.8 Å². The predicted octanol–water partition coefficient (Wildman–Crippen LogP) is 2.28. The first-order chi connectivity index (χ1) is 13.6. The summed E-state index contributed by atoms with van der Waals surface area (Å²) in [6.07, 6.45) is 0. The molecule has 9 nitrogen and oxygen atoms in total. The van der Waals surface area contributed by atoms with Gasteiger partial charge in [0.05, 0.1) is 23.6 Å². The van der Waals surface area contributed by atoms with Gasteiger partial charge in [-0.2, -0.15) is 4.68 Å². The average molecular weight is 399 g/mol. The molecule has 0 spiro atoms. The van der Waals surface area contributed by atoms with Crippen LogP contribution in [0.15, 0.2) is 53.7 Å². The number of phenolic OH excluding ortho intramolecular Hbond substituents is 1. The zero-order valence-electron chi connectivity index (χ0n) is 14.9. The summed E-state index contributed by atoms with van der Waals surface area (Å²) in [5.74, 6) is -0.413. The first-order valence-electron chi connectivity index (χ1n) is 8.34. The van der Waals surface area contributed by atoms with Crippen LogP contribution in [0.25, 0.3) is 5.69 Å². The predicted molar refractivity (Wildman–Crippen MR) is 103 cm³/mol. The van der Waals surface area contributed by atoms with Gasteiger partial charge in [0.1, 0.15) is 5.75 Å². The number of nitrogens with one attached hydrogen (secondary N) is 1. The molecule has 1 heterocycles. The summed E-state index contributed by atoms with van der Waals surface area (Å²) in [6, 6.07) is 12.8. The van der Waals surface area contributed by atoms with Gasteiger partial charge in [-0.25, -0.2) is 4.79 Å². The topological polar surface area (TPSA) is 119 Å². The highest BCUT2D eigenvalue weighted by Crippen LogP contribution is 2.20. The fourth-order valence-electron chi connectivity index (χ4n) is 2.26. The third-order valence-corrected chi connectivity index (χ3v) is 4.47. The summed E-state index contributed by atoms with van der Waals surface area (Å²) in [7, 11) is 0. The largest absolute Gasteiger partial charge is 0.508 e. The molecule has 0 bridgehead atoms. The Labute approximate surface area is 164 Å². The molecule has 0 unspecified atom stereocenters. The molecule has 0 aliphatic heterocycles. The molecule has 0 atom stereocenters. The molecule has 2 N–H and O–H groups in total. The molecule has 10 heteroatoms. The number of nitrogens with zero attached hydrogens (tertiary/aromatic N) is 4. The van der Waals surface area contributed by atoms with Crippen LogP contribution in [-0.2, 0) is 9.53 Å². The van der Waals surface area contributed by atoms with Gasteiger partial charge in [-0.3, -0.25) is 4.79 Å². The number of carbonyl (C=O) groups is 2. The molecule has 28 heavy (non-hydrogen) atoms.